The molecular formula is C8H8ClN5. The molecule has 0 N–H and O–H groups in total. The van der Waals surface area contributed by atoms with Gasteiger partial charge >= 0.3 is 0 Å². The zero-order chi connectivity index (χ0) is 10.1. The van der Waals surface area contributed by atoms with Crippen LogP contribution in [0, 0.1) is 13.8 Å². The molecular weight excluding hydrogens is 202 g/mol. The van der Waals surface area contributed by atoms with Gasteiger partial charge in [-0.25, -0.2) is 19.6 Å². The summed E-state index contributed by atoms with van der Waals surface area (Å²) in [6.45, 7) is 3.63. The summed E-state index contributed by atoms with van der Waals surface area (Å²) >= 11 is 5.92. The Bertz CT molecular complexity index is 451. The lowest BCUT2D eigenvalue weighted by molar-refractivity contribution is 0.816. The Morgan fingerprint density at radius 2 is 2.07 bits per heavy atom. The summed E-state index contributed by atoms with van der Waals surface area (Å²) < 4.78 is 1.57. The summed E-state index contributed by atoms with van der Waals surface area (Å²) in [6, 6.07) is 0. The molecule has 0 saturated carbocycles. The fourth-order valence-electron chi connectivity index (χ4n) is 1.12. The molecule has 2 heterocycles. The van der Waals surface area contributed by atoms with Gasteiger partial charge in [0.15, 0.2) is 5.82 Å². The van der Waals surface area contributed by atoms with E-state index in [0.717, 1.165) is 5.56 Å². The molecule has 0 unspecified atom stereocenters. The third kappa shape index (κ3) is 1.46. The van der Waals surface area contributed by atoms with E-state index in [1.165, 1.54) is 6.33 Å². The van der Waals surface area contributed by atoms with Crippen molar-refractivity contribution < 1.29 is 0 Å². The highest BCUT2D eigenvalue weighted by atomic mass is 35.5. The second-order valence-corrected chi connectivity index (χ2v) is 3.21. The van der Waals surface area contributed by atoms with Crippen LogP contribution in [0.5, 0.6) is 0 Å². The molecule has 0 aliphatic rings. The Balaban J connectivity index is 2.64. The van der Waals surface area contributed by atoms with Crippen LogP contribution in [0.15, 0.2) is 12.7 Å². The average Bonchev–Trinajstić information content (AvgIpc) is 2.63. The third-order valence-electron chi connectivity index (χ3n) is 1.81. The Kier molecular flexibility index (Phi) is 2.17. The predicted molar refractivity (Wildman–Crippen MR) is 51.4 cm³/mol. The van der Waals surface area contributed by atoms with Gasteiger partial charge in [-0.1, -0.05) is 11.6 Å². The van der Waals surface area contributed by atoms with Crippen molar-refractivity contribution in [3.63, 3.8) is 0 Å². The van der Waals surface area contributed by atoms with Crippen LogP contribution in [-0.2, 0) is 0 Å². The minimum Gasteiger partial charge on any atom is -0.223 e. The number of halogens is 1. The van der Waals surface area contributed by atoms with Crippen molar-refractivity contribution in [2.75, 3.05) is 0 Å². The van der Waals surface area contributed by atoms with Crippen molar-refractivity contribution in [3.8, 4) is 5.82 Å². The number of rotatable bonds is 1. The van der Waals surface area contributed by atoms with E-state index in [-0.39, 0.29) is 0 Å². The van der Waals surface area contributed by atoms with Gasteiger partial charge in [0.25, 0.3) is 0 Å². The maximum atomic E-state index is 5.92. The van der Waals surface area contributed by atoms with Gasteiger partial charge in [-0.3, -0.25) is 0 Å². The van der Waals surface area contributed by atoms with E-state index in [0.29, 0.717) is 16.8 Å². The Morgan fingerprint density at radius 1 is 1.29 bits per heavy atom. The highest BCUT2D eigenvalue weighted by Gasteiger charge is 2.09. The monoisotopic (exact) mass is 209 g/mol. The molecule has 0 atom stereocenters. The number of hydrogen-bond donors (Lipinski definition) is 0. The number of aryl methyl sites for hydroxylation is 1. The van der Waals surface area contributed by atoms with Gasteiger partial charge in [0.2, 0.25) is 0 Å². The topological polar surface area (TPSA) is 56.5 Å². The highest BCUT2D eigenvalue weighted by molar-refractivity contribution is 6.30. The van der Waals surface area contributed by atoms with Crippen molar-refractivity contribution in [2.24, 2.45) is 0 Å². The third-order valence-corrected chi connectivity index (χ3v) is 2.18. The van der Waals surface area contributed by atoms with Crippen molar-refractivity contribution >= 4 is 11.6 Å². The van der Waals surface area contributed by atoms with Crippen LogP contribution >= 0.6 is 11.6 Å². The molecule has 14 heavy (non-hydrogen) atoms. The van der Waals surface area contributed by atoms with Crippen molar-refractivity contribution in [2.45, 2.75) is 13.8 Å². The van der Waals surface area contributed by atoms with Gasteiger partial charge in [0.1, 0.15) is 23.6 Å². The van der Waals surface area contributed by atoms with E-state index in [2.05, 4.69) is 20.1 Å². The largest absolute Gasteiger partial charge is 0.223 e. The summed E-state index contributed by atoms with van der Waals surface area (Å²) in [5.41, 5.74) is 0.794. The lowest BCUT2D eigenvalue weighted by Crippen LogP contribution is -2.04. The smallest absolute Gasteiger partial charge is 0.163 e. The molecule has 0 bridgehead atoms. The van der Waals surface area contributed by atoms with Gasteiger partial charge in [-0.15, -0.1) is 0 Å². The van der Waals surface area contributed by atoms with E-state index < -0.39 is 0 Å². The van der Waals surface area contributed by atoms with Crippen molar-refractivity contribution in [3.05, 3.63) is 29.2 Å². The molecule has 0 aromatic carbocycles. The van der Waals surface area contributed by atoms with Gasteiger partial charge in [-0.05, 0) is 13.8 Å². The normalized spacial score (nSPS) is 10.5. The predicted octanol–water partition coefficient (Wildman–Crippen LogP) is 1.33. The molecule has 72 valence electrons. The zero-order valence-corrected chi connectivity index (χ0v) is 8.52. The minimum atomic E-state index is 0.447. The fraction of sp³-hybridized carbons (Fsp3) is 0.250. The fourth-order valence-corrected chi connectivity index (χ4v) is 1.33. The van der Waals surface area contributed by atoms with E-state index in [1.807, 2.05) is 6.92 Å². The van der Waals surface area contributed by atoms with Crippen LogP contribution in [-0.4, -0.2) is 24.7 Å². The maximum absolute atomic E-state index is 5.92. The summed E-state index contributed by atoms with van der Waals surface area (Å²) in [7, 11) is 0. The Labute approximate surface area is 85.8 Å². The van der Waals surface area contributed by atoms with Crippen LogP contribution < -0.4 is 0 Å². The summed E-state index contributed by atoms with van der Waals surface area (Å²) in [4.78, 5) is 12.1. The SMILES string of the molecule is Cc1nc(Cl)c(C)c(-n2cncn2)n1. The second kappa shape index (κ2) is 3.34. The zero-order valence-electron chi connectivity index (χ0n) is 7.77. The first-order valence-electron chi connectivity index (χ1n) is 4.04. The average molecular weight is 210 g/mol. The van der Waals surface area contributed by atoms with Crippen LogP contribution in [0.3, 0.4) is 0 Å². The summed E-state index contributed by atoms with van der Waals surface area (Å²) in [6.07, 6.45) is 3.02. The number of nitrogens with zero attached hydrogens (tertiary/aromatic N) is 5. The van der Waals surface area contributed by atoms with Gasteiger partial charge in [-0.2, -0.15) is 5.10 Å². The van der Waals surface area contributed by atoms with E-state index in [9.17, 15) is 0 Å². The molecule has 0 aliphatic heterocycles. The van der Waals surface area contributed by atoms with Crippen molar-refractivity contribution in [1.29, 1.82) is 0 Å². The molecule has 0 radical (unpaired) electrons. The second-order valence-electron chi connectivity index (χ2n) is 2.85. The molecule has 2 aromatic rings. The minimum absolute atomic E-state index is 0.447. The molecule has 0 spiro atoms. The molecule has 0 fully saturated rings. The molecule has 2 aromatic heterocycles. The van der Waals surface area contributed by atoms with Crippen LogP contribution in [0.2, 0.25) is 5.15 Å². The molecule has 6 heteroatoms. The molecule has 5 nitrogen and oxygen atoms in total. The molecule has 0 saturated heterocycles. The quantitative estimate of drug-likeness (QED) is 0.665. The molecule has 2 rings (SSSR count). The molecule has 0 amide bonds. The summed E-state index contributed by atoms with van der Waals surface area (Å²) in [5, 5.41) is 4.43. The molecule has 0 aliphatic carbocycles. The first-order chi connectivity index (χ1) is 6.68. The summed E-state index contributed by atoms with van der Waals surface area (Å²) in [5.74, 6) is 1.28. The highest BCUT2D eigenvalue weighted by Crippen LogP contribution is 2.17. The van der Waals surface area contributed by atoms with Crippen molar-refractivity contribution in [1.82, 2.24) is 24.7 Å². The van der Waals surface area contributed by atoms with E-state index >= 15 is 0 Å². The lowest BCUT2D eigenvalue weighted by Gasteiger charge is -2.05. The van der Waals surface area contributed by atoms with Gasteiger partial charge in [0, 0.05) is 5.56 Å². The van der Waals surface area contributed by atoms with Crippen LogP contribution in [0.25, 0.3) is 5.82 Å². The lowest BCUT2D eigenvalue weighted by atomic mass is 10.3. The van der Waals surface area contributed by atoms with Gasteiger partial charge < -0.3 is 0 Å². The van der Waals surface area contributed by atoms with Crippen LogP contribution in [0.4, 0.5) is 0 Å². The van der Waals surface area contributed by atoms with Gasteiger partial charge in [0.05, 0.1) is 0 Å². The number of hydrogen-bond acceptors (Lipinski definition) is 4. The standard InChI is InChI=1S/C8H8ClN5/c1-5-7(9)12-6(2)13-8(5)14-4-10-3-11-14/h3-4H,1-2H3. The first-order valence-corrected chi connectivity index (χ1v) is 4.42. The Morgan fingerprint density at radius 3 is 2.71 bits per heavy atom. The van der Waals surface area contributed by atoms with E-state index in [4.69, 9.17) is 11.6 Å². The number of aromatic nitrogens is 5. The van der Waals surface area contributed by atoms with E-state index in [1.54, 1.807) is 17.9 Å². The van der Waals surface area contributed by atoms with Crippen LogP contribution in [0.1, 0.15) is 11.4 Å². The Hall–Kier alpha value is -1.49. The maximum Gasteiger partial charge on any atom is 0.163 e. The first kappa shape index (κ1) is 9.08.